The Labute approximate surface area is 95.8 Å². The Kier molecular flexibility index (Phi) is 2.51. The Morgan fingerprint density at radius 3 is 2.36 bits per heavy atom. The van der Waals surface area contributed by atoms with Crippen LogP contribution in [0.2, 0.25) is 0 Å². The van der Waals surface area contributed by atoms with Gasteiger partial charge in [0.2, 0.25) is 5.82 Å². The van der Waals surface area contributed by atoms with Crippen molar-refractivity contribution < 1.29 is 5.11 Å². The molecule has 2 N–H and O–H groups in total. The first-order valence-electron chi connectivity index (χ1n) is 3.60. The summed E-state index contributed by atoms with van der Waals surface area (Å²) in [6.45, 7) is 0. The molecule has 5 nitrogen and oxygen atoms in total. The molecule has 0 aliphatic carbocycles. The lowest BCUT2D eigenvalue weighted by atomic mass is 10.2. The van der Waals surface area contributed by atoms with E-state index in [1.54, 1.807) is 12.1 Å². The number of H-pyrrole nitrogens is 1. The van der Waals surface area contributed by atoms with E-state index in [0.29, 0.717) is 14.8 Å². The molecule has 0 fully saturated rings. The molecule has 2 aromatic rings. The van der Waals surface area contributed by atoms with E-state index in [-0.39, 0.29) is 5.75 Å². The first kappa shape index (κ1) is 9.60. The summed E-state index contributed by atoms with van der Waals surface area (Å²) in [6.07, 6.45) is 0. The summed E-state index contributed by atoms with van der Waals surface area (Å²) in [6, 6.07) is 3.43. The molecule has 1 aromatic carbocycles. The predicted molar refractivity (Wildman–Crippen MR) is 56.7 cm³/mol. The fourth-order valence-corrected chi connectivity index (χ4v) is 2.17. The first-order valence-corrected chi connectivity index (χ1v) is 5.19. The molecule has 0 unspecified atom stereocenters. The van der Waals surface area contributed by atoms with Crippen LogP contribution in [0.1, 0.15) is 0 Å². The Hall–Kier alpha value is -0.950. The Bertz CT molecular complexity index is 434. The highest BCUT2D eigenvalue weighted by Gasteiger charge is 2.09. The molecule has 72 valence electrons. The third-order valence-corrected chi connectivity index (χ3v) is 2.83. The molecule has 7 heteroatoms. The average Bonchev–Trinajstić information content (AvgIpc) is 2.66. The van der Waals surface area contributed by atoms with Gasteiger partial charge in [0.25, 0.3) is 0 Å². The maximum Gasteiger partial charge on any atom is 0.204 e. The van der Waals surface area contributed by atoms with Gasteiger partial charge in [0, 0.05) is 5.56 Å². The smallest absolute Gasteiger partial charge is 0.204 e. The number of phenolic OH excluding ortho intramolecular Hbond substituents is 1. The van der Waals surface area contributed by atoms with Crippen molar-refractivity contribution in [2.45, 2.75) is 0 Å². The van der Waals surface area contributed by atoms with Crippen LogP contribution in [0.3, 0.4) is 0 Å². The summed E-state index contributed by atoms with van der Waals surface area (Å²) in [4.78, 5) is 0. The molecule has 0 aliphatic rings. The van der Waals surface area contributed by atoms with Crippen LogP contribution in [0.15, 0.2) is 21.1 Å². The number of rotatable bonds is 1. The molecule has 0 spiro atoms. The molecule has 1 aromatic heterocycles. The summed E-state index contributed by atoms with van der Waals surface area (Å²) >= 11 is 6.43. The number of hydrogen-bond donors (Lipinski definition) is 2. The summed E-state index contributed by atoms with van der Waals surface area (Å²) in [5, 5.41) is 22.9. The summed E-state index contributed by atoms with van der Waals surface area (Å²) in [7, 11) is 0. The van der Waals surface area contributed by atoms with Crippen LogP contribution >= 0.6 is 31.9 Å². The van der Waals surface area contributed by atoms with E-state index in [4.69, 9.17) is 0 Å². The van der Waals surface area contributed by atoms with Crippen LogP contribution in [0.4, 0.5) is 0 Å². The number of nitrogens with zero attached hydrogens (tertiary/aromatic N) is 3. The fourth-order valence-electron chi connectivity index (χ4n) is 0.979. The predicted octanol–water partition coefficient (Wildman–Crippen LogP) is 2.10. The average molecular weight is 320 g/mol. The van der Waals surface area contributed by atoms with E-state index in [1.165, 1.54) is 0 Å². The fraction of sp³-hybridized carbons (Fsp3) is 0. The molecular weight excluding hydrogens is 316 g/mol. The van der Waals surface area contributed by atoms with Gasteiger partial charge in [-0.05, 0) is 49.2 Å². The molecule has 14 heavy (non-hydrogen) atoms. The maximum atomic E-state index is 9.47. The zero-order valence-electron chi connectivity index (χ0n) is 6.70. The van der Waals surface area contributed by atoms with Gasteiger partial charge < -0.3 is 5.11 Å². The Morgan fingerprint density at radius 2 is 1.86 bits per heavy atom. The van der Waals surface area contributed by atoms with Crippen molar-refractivity contribution in [3.8, 4) is 17.1 Å². The van der Waals surface area contributed by atoms with Gasteiger partial charge in [0.15, 0.2) is 0 Å². The molecule has 2 rings (SSSR count). The van der Waals surface area contributed by atoms with Crippen LogP contribution in [0, 0.1) is 0 Å². The van der Waals surface area contributed by atoms with Gasteiger partial charge in [-0.2, -0.15) is 5.21 Å². The zero-order valence-corrected chi connectivity index (χ0v) is 9.87. The molecule has 0 atom stereocenters. The maximum absolute atomic E-state index is 9.47. The normalized spacial score (nSPS) is 10.4. The number of halogens is 2. The van der Waals surface area contributed by atoms with Crippen molar-refractivity contribution in [1.82, 2.24) is 20.6 Å². The molecule has 0 bridgehead atoms. The quantitative estimate of drug-likeness (QED) is 0.844. The second-order valence-corrected chi connectivity index (χ2v) is 4.23. The highest BCUT2D eigenvalue weighted by atomic mass is 79.9. The highest BCUT2D eigenvalue weighted by molar-refractivity contribution is 9.11. The monoisotopic (exact) mass is 318 g/mol. The molecule has 0 amide bonds. The number of hydrogen-bond acceptors (Lipinski definition) is 4. The zero-order chi connectivity index (χ0) is 10.1. The minimum Gasteiger partial charge on any atom is -0.506 e. The molecule has 0 radical (unpaired) electrons. The van der Waals surface area contributed by atoms with E-state index < -0.39 is 0 Å². The van der Waals surface area contributed by atoms with Crippen molar-refractivity contribution in [2.75, 3.05) is 0 Å². The number of aromatic amines is 1. The number of aromatic nitrogens is 4. The van der Waals surface area contributed by atoms with Gasteiger partial charge in [-0.3, -0.25) is 0 Å². The van der Waals surface area contributed by atoms with E-state index in [1.807, 2.05) is 0 Å². The van der Waals surface area contributed by atoms with Gasteiger partial charge in [-0.1, -0.05) is 0 Å². The standard InChI is InChI=1S/C7H4Br2N4O/c8-4-1-3(2-5(9)6(4)14)7-10-12-13-11-7/h1-2,14H,(H,10,11,12,13). The Morgan fingerprint density at radius 1 is 1.21 bits per heavy atom. The molecule has 0 saturated carbocycles. The first-order chi connectivity index (χ1) is 6.68. The van der Waals surface area contributed by atoms with Gasteiger partial charge in [-0.15, -0.1) is 10.2 Å². The van der Waals surface area contributed by atoms with Crippen LogP contribution in [-0.2, 0) is 0 Å². The Balaban J connectivity index is 2.57. The topological polar surface area (TPSA) is 74.7 Å². The minimum absolute atomic E-state index is 0.150. The van der Waals surface area contributed by atoms with E-state index in [9.17, 15) is 5.11 Å². The lowest BCUT2D eigenvalue weighted by Gasteiger charge is -2.01. The van der Waals surface area contributed by atoms with Gasteiger partial charge in [0.1, 0.15) is 5.75 Å². The van der Waals surface area contributed by atoms with Crippen molar-refractivity contribution in [1.29, 1.82) is 0 Å². The van der Waals surface area contributed by atoms with Gasteiger partial charge in [-0.25, -0.2) is 0 Å². The number of phenols is 1. The largest absolute Gasteiger partial charge is 0.506 e. The number of nitrogens with one attached hydrogen (secondary N) is 1. The van der Waals surface area contributed by atoms with Crippen molar-refractivity contribution in [3.63, 3.8) is 0 Å². The third-order valence-electron chi connectivity index (χ3n) is 1.62. The second kappa shape index (κ2) is 3.66. The van der Waals surface area contributed by atoms with Gasteiger partial charge >= 0.3 is 0 Å². The van der Waals surface area contributed by atoms with Gasteiger partial charge in [0.05, 0.1) is 8.95 Å². The van der Waals surface area contributed by atoms with Crippen LogP contribution < -0.4 is 0 Å². The van der Waals surface area contributed by atoms with E-state index in [0.717, 1.165) is 5.56 Å². The number of benzene rings is 1. The van der Waals surface area contributed by atoms with Crippen LogP contribution in [0.25, 0.3) is 11.4 Å². The van der Waals surface area contributed by atoms with Crippen LogP contribution in [0.5, 0.6) is 5.75 Å². The third kappa shape index (κ3) is 1.64. The number of tetrazole rings is 1. The highest BCUT2D eigenvalue weighted by Crippen LogP contribution is 2.35. The lowest BCUT2D eigenvalue weighted by Crippen LogP contribution is -1.82. The van der Waals surface area contributed by atoms with E-state index in [2.05, 4.69) is 52.5 Å². The summed E-state index contributed by atoms with van der Waals surface area (Å²) in [5.74, 6) is 0.628. The summed E-state index contributed by atoms with van der Waals surface area (Å²) in [5.41, 5.74) is 0.760. The molecule has 0 aliphatic heterocycles. The van der Waals surface area contributed by atoms with Crippen molar-refractivity contribution in [2.24, 2.45) is 0 Å². The van der Waals surface area contributed by atoms with Crippen molar-refractivity contribution in [3.05, 3.63) is 21.1 Å². The molecule has 0 saturated heterocycles. The van der Waals surface area contributed by atoms with Crippen molar-refractivity contribution >= 4 is 31.9 Å². The minimum atomic E-state index is 0.150. The number of aromatic hydroxyl groups is 1. The van der Waals surface area contributed by atoms with Crippen LogP contribution in [-0.4, -0.2) is 25.7 Å². The SMILES string of the molecule is Oc1c(Br)cc(-c2nn[nH]n2)cc1Br. The second-order valence-electron chi connectivity index (χ2n) is 2.52. The summed E-state index contributed by atoms with van der Waals surface area (Å²) < 4.78 is 1.15. The molecule has 1 heterocycles. The van der Waals surface area contributed by atoms with E-state index >= 15 is 0 Å². The lowest BCUT2D eigenvalue weighted by molar-refractivity contribution is 0.468. The molecular formula is C7H4Br2N4O.